The third kappa shape index (κ3) is 4.74. The van der Waals surface area contributed by atoms with Crippen LogP contribution in [0.4, 0.5) is 0 Å². The Morgan fingerprint density at radius 1 is 0.853 bits per heavy atom. The lowest BCUT2D eigenvalue weighted by Crippen LogP contribution is -2.17. The van der Waals surface area contributed by atoms with Crippen molar-refractivity contribution in [1.82, 2.24) is 9.78 Å². The average molecular weight is 536 g/mol. The Bertz CT molecular complexity index is 1470. The summed E-state index contributed by atoms with van der Waals surface area (Å²) < 4.78 is 25.4. The topological polar surface area (TPSA) is 72.2 Å². The van der Waals surface area contributed by atoms with Crippen LogP contribution in [-0.2, 0) is 15.4 Å². The normalized spacial score (nSPS) is 12.2. The summed E-state index contributed by atoms with van der Waals surface area (Å²) in [4.78, 5) is 0.248. The Morgan fingerprint density at radius 2 is 1.41 bits per heavy atom. The first-order valence-electron chi connectivity index (χ1n) is 10.2. The Hall–Kier alpha value is -2.35. The van der Waals surface area contributed by atoms with E-state index in [-0.39, 0.29) is 15.6 Å². The molecule has 0 saturated carbocycles. The first-order chi connectivity index (χ1) is 15.9. The fraction of sp³-hybridized carbons (Fsp3) is 0.160. The van der Waals surface area contributed by atoms with Crippen LogP contribution < -0.4 is 0 Å². The first kappa shape index (κ1) is 24.8. The minimum Gasteiger partial charge on any atom is -0.384 e. The van der Waals surface area contributed by atoms with Gasteiger partial charge in [0, 0.05) is 11.8 Å². The molecule has 0 radical (unpaired) electrons. The summed E-state index contributed by atoms with van der Waals surface area (Å²) in [7, 11) is -3.32. The van der Waals surface area contributed by atoms with E-state index in [2.05, 4.69) is 5.10 Å². The molecule has 0 saturated heterocycles. The number of sulfone groups is 1. The number of nitrogens with zero attached hydrogens (tertiary/aromatic N) is 2. The molecule has 1 aromatic heterocycles. The second kappa shape index (κ2) is 9.02. The second-order valence-electron chi connectivity index (χ2n) is 8.43. The van der Waals surface area contributed by atoms with Crippen molar-refractivity contribution in [2.24, 2.45) is 0 Å². The van der Waals surface area contributed by atoms with Crippen molar-refractivity contribution in [1.29, 1.82) is 0 Å². The van der Waals surface area contributed by atoms with Crippen LogP contribution in [0.25, 0.3) is 28.1 Å². The van der Waals surface area contributed by atoms with E-state index in [4.69, 9.17) is 34.8 Å². The van der Waals surface area contributed by atoms with Gasteiger partial charge in [-0.1, -0.05) is 77.3 Å². The lowest BCUT2D eigenvalue weighted by Gasteiger charge is -2.14. The Balaban J connectivity index is 1.88. The SMILES string of the molecule is CC(C)(O)c1nn(-c2c(Cl)cccc2Cl)c(-c2ccc(-c3cccc(S(C)(=O)=O)c3)cc2)c1Cl. The number of rotatable bonds is 5. The van der Waals surface area contributed by atoms with Crippen LogP contribution in [0.2, 0.25) is 15.1 Å². The fourth-order valence-corrected chi connectivity index (χ4v) is 5.30. The number of halogens is 3. The molecule has 0 aliphatic heterocycles. The van der Waals surface area contributed by atoms with Crippen molar-refractivity contribution in [2.75, 3.05) is 6.26 Å². The number of aromatic nitrogens is 2. The number of aliphatic hydroxyl groups is 1. The number of hydrogen-bond acceptors (Lipinski definition) is 4. The maximum Gasteiger partial charge on any atom is 0.175 e. The predicted molar refractivity (Wildman–Crippen MR) is 138 cm³/mol. The summed E-state index contributed by atoms with van der Waals surface area (Å²) in [6, 6.07) is 19.3. The highest BCUT2D eigenvalue weighted by Crippen LogP contribution is 2.41. The monoisotopic (exact) mass is 534 g/mol. The minimum atomic E-state index is -3.32. The predicted octanol–water partition coefficient (Wildman–Crippen LogP) is 6.80. The lowest BCUT2D eigenvalue weighted by atomic mass is 10.0. The van der Waals surface area contributed by atoms with Crippen molar-refractivity contribution in [3.05, 3.63) is 87.5 Å². The van der Waals surface area contributed by atoms with Gasteiger partial charge in [0.25, 0.3) is 0 Å². The van der Waals surface area contributed by atoms with Crippen LogP contribution in [0, 0.1) is 0 Å². The number of hydrogen-bond donors (Lipinski definition) is 1. The van der Waals surface area contributed by atoms with E-state index < -0.39 is 15.4 Å². The summed E-state index contributed by atoms with van der Waals surface area (Å²) in [6.45, 7) is 3.20. The van der Waals surface area contributed by atoms with Crippen molar-refractivity contribution >= 4 is 44.6 Å². The van der Waals surface area contributed by atoms with Crippen LogP contribution in [0.5, 0.6) is 0 Å². The molecule has 0 spiro atoms. The number of benzene rings is 3. The van der Waals surface area contributed by atoms with Gasteiger partial charge in [-0.2, -0.15) is 5.10 Å². The molecule has 0 unspecified atom stereocenters. The summed E-state index contributed by atoms with van der Waals surface area (Å²) in [5.41, 5.74) is 2.25. The molecule has 1 heterocycles. The van der Waals surface area contributed by atoms with Gasteiger partial charge in [0.1, 0.15) is 17.0 Å². The Kier molecular flexibility index (Phi) is 6.57. The molecule has 9 heteroatoms. The van der Waals surface area contributed by atoms with E-state index in [1.807, 2.05) is 30.3 Å². The zero-order valence-corrected chi connectivity index (χ0v) is 21.6. The van der Waals surface area contributed by atoms with Crippen LogP contribution in [0.15, 0.2) is 71.6 Å². The van der Waals surface area contributed by atoms with Gasteiger partial charge in [-0.25, -0.2) is 13.1 Å². The van der Waals surface area contributed by atoms with Gasteiger partial charge < -0.3 is 5.11 Å². The van der Waals surface area contributed by atoms with Crippen molar-refractivity contribution < 1.29 is 13.5 Å². The zero-order valence-electron chi connectivity index (χ0n) is 18.6. The highest BCUT2D eigenvalue weighted by atomic mass is 35.5. The summed E-state index contributed by atoms with van der Waals surface area (Å²) in [5, 5.41) is 16.2. The third-order valence-electron chi connectivity index (χ3n) is 5.31. The quantitative estimate of drug-likeness (QED) is 0.305. The molecular weight excluding hydrogens is 515 g/mol. The molecule has 0 aliphatic carbocycles. The molecule has 0 atom stereocenters. The van der Waals surface area contributed by atoms with Crippen molar-refractivity contribution in [2.45, 2.75) is 24.3 Å². The molecule has 0 aliphatic rings. The van der Waals surface area contributed by atoms with Crippen molar-refractivity contribution in [3.8, 4) is 28.1 Å². The molecule has 3 aromatic carbocycles. The van der Waals surface area contributed by atoms with Crippen LogP contribution in [0.3, 0.4) is 0 Å². The first-order valence-corrected chi connectivity index (χ1v) is 13.3. The molecule has 5 nitrogen and oxygen atoms in total. The summed E-state index contributed by atoms with van der Waals surface area (Å²) in [6.07, 6.45) is 1.18. The fourth-order valence-electron chi connectivity index (χ4n) is 3.62. The zero-order chi connectivity index (χ0) is 24.8. The lowest BCUT2D eigenvalue weighted by molar-refractivity contribution is 0.0735. The minimum absolute atomic E-state index is 0.248. The Labute approximate surface area is 213 Å². The molecule has 0 bridgehead atoms. The third-order valence-corrected chi connectivity index (χ3v) is 7.39. The van der Waals surface area contributed by atoms with Gasteiger partial charge in [-0.05, 0) is 49.2 Å². The smallest absolute Gasteiger partial charge is 0.175 e. The maximum absolute atomic E-state index is 11.9. The van der Waals surface area contributed by atoms with Crippen molar-refractivity contribution in [3.63, 3.8) is 0 Å². The van der Waals surface area contributed by atoms with Gasteiger partial charge in [0.15, 0.2) is 9.84 Å². The van der Waals surface area contributed by atoms with E-state index in [0.717, 1.165) is 11.1 Å². The second-order valence-corrected chi connectivity index (χ2v) is 11.6. The molecule has 176 valence electrons. The Morgan fingerprint density at radius 3 is 1.97 bits per heavy atom. The molecule has 0 fully saturated rings. The molecule has 4 rings (SSSR count). The molecule has 4 aromatic rings. The molecular formula is C25H21Cl3N2O3S. The van der Waals surface area contributed by atoms with E-state index >= 15 is 0 Å². The standard InChI is InChI=1S/C25H21Cl3N2O3S/c1-25(2,31)24-21(28)22(30(29-24)23-19(26)8-5-9-20(23)27)16-12-10-15(11-13-16)17-6-4-7-18(14-17)34(3,32)33/h4-14,31H,1-3H3. The summed E-state index contributed by atoms with van der Waals surface area (Å²) >= 11 is 19.6. The van der Waals surface area contributed by atoms with E-state index in [0.29, 0.717) is 27.0 Å². The maximum atomic E-state index is 11.9. The molecule has 34 heavy (non-hydrogen) atoms. The van der Waals surface area contributed by atoms with E-state index in [1.54, 1.807) is 54.9 Å². The largest absolute Gasteiger partial charge is 0.384 e. The van der Waals surface area contributed by atoms with Gasteiger partial charge in [0.2, 0.25) is 0 Å². The van der Waals surface area contributed by atoms with E-state index in [9.17, 15) is 13.5 Å². The van der Waals surface area contributed by atoms with Crippen LogP contribution in [0.1, 0.15) is 19.5 Å². The van der Waals surface area contributed by atoms with Gasteiger partial charge in [-0.15, -0.1) is 0 Å². The van der Waals surface area contributed by atoms with E-state index in [1.165, 1.54) is 6.26 Å². The van der Waals surface area contributed by atoms with Gasteiger partial charge in [0.05, 0.1) is 25.7 Å². The molecule has 1 N–H and O–H groups in total. The highest BCUT2D eigenvalue weighted by Gasteiger charge is 2.30. The van der Waals surface area contributed by atoms with Crippen LogP contribution in [-0.4, -0.2) is 29.6 Å². The average Bonchev–Trinajstić information content (AvgIpc) is 3.10. The van der Waals surface area contributed by atoms with Crippen LogP contribution >= 0.6 is 34.8 Å². The van der Waals surface area contributed by atoms with Gasteiger partial charge in [-0.3, -0.25) is 0 Å². The summed E-state index contributed by atoms with van der Waals surface area (Å²) in [5.74, 6) is 0. The van der Waals surface area contributed by atoms with Gasteiger partial charge >= 0.3 is 0 Å². The highest BCUT2D eigenvalue weighted by molar-refractivity contribution is 7.90. The molecule has 0 amide bonds. The number of para-hydroxylation sites is 1.